The lowest BCUT2D eigenvalue weighted by atomic mass is 9.77. The van der Waals surface area contributed by atoms with E-state index >= 15 is 0 Å². The minimum absolute atomic E-state index is 0. The van der Waals surface area contributed by atoms with Crippen LogP contribution >= 0.6 is 0 Å². The summed E-state index contributed by atoms with van der Waals surface area (Å²) >= 11 is 0. The molecule has 0 saturated heterocycles. The summed E-state index contributed by atoms with van der Waals surface area (Å²) < 4.78 is 0. The van der Waals surface area contributed by atoms with Gasteiger partial charge in [-0.1, -0.05) is 19.4 Å². The second kappa shape index (κ2) is 9.59. The van der Waals surface area contributed by atoms with E-state index in [1.165, 1.54) is 29.8 Å². The van der Waals surface area contributed by atoms with Crippen LogP contribution in [0.15, 0.2) is 35.9 Å². The lowest BCUT2D eigenvalue weighted by Crippen LogP contribution is -2.20. The Bertz CT molecular complexity index is 586. The van der Waals surface area contributed by atoms with Gasteiger partial charge >= 0.3 is 0 Å². The third kappa shape index (κ3) is 7.66. The molecular weight excluding hydrogens is 308 g/mol. The van der Waals surface area contributed by atoms with Gasteiger partial charge in [0.25, 0.3) is 0 Å². The van der Waals surface area contributed by atoms with Crippen molar-refractivity contribution in [1.29, 1.82) is 0 Å². The molecule has 0 heterocycles. The van der Waals surface area contributed by atoms with Gasteiger partial charge in [-0.3, -0.25) is 14.4 Å². The van der Waals surface area contributed by atoms with Crippen LogP contribution in [0.1, 0.15) is 54.3 Å². The Labute approximate surface area is 142 Å². The van der Waals surface area contributed by atoms with Gasteiger partial charge in [-0.05, 0) is 49.1 Å². The average molecular weight is 336 g/mol. The molecule has 0 bridgehead atoms. The molecule has 0 aromatic heterocycles. The van der Waals surface area contributed by atoms with Crippen LogP contribution in [-0.4, -0.2) is 17.6 Å². The third-order valence-corrected chi connectivity index (χ3v) is 3.27. The maximum atomic E-state index is 11.0. The van der Waals surface area contributed by atoms with Crippen LogP contribution in [0.5, 0.6) is 0 Å². The molecule has 7 heteroatoms. The highest BCUT2D eigenvalue weighted by Crippen LogP contribution is 2.32. The molecule has 0 unspecified atom stereocenters. The average Bonchev–Trinajstić information content (AvgIpc) is 2.36. The third-order valence-electron chi connectivity index (χ3n) is 3.27. The first-order chi connectivity index (χ1) is 10.1. The fraction of sp³-hybridized carbons (Fsp3) is 0.353. The van der Waals surface area contributed by atoms with Gasteiger partial charge in [0.05, 0.1) is 0 Å². The zero-order chi connectivity index (χ0) is 16.9. The Morgan fingerprint density at radius 3 is 1.54 bits per heavy atom. The molecule has 134 valence electrons. The van der Waals surface area contributed by atoms with Crippen molar-refractivity contribution >= 4 is 17.6 Å². The van der Waals surface area contributed by atoms with Crippen LogP contribution in [-0.2, 0) is 4.79 Å². The number of hydrogen-bond donors (Lipinski definition) is 4. The summed E-state index contributed by atoms with van der Waals surface area (Å²) in [4.78, 5) is 32.2. The van der Waals surface area contributed by atoms with Crippen molar-refractivity contribution in [3.05, 3.63) is 47.0 Å². The zero-order valence-corrected chi connectivity index (χ0v) is 14.6. The number of rotatable bonds is 2. The molecule has 24 heavy (non-hydrogen) atoms. The van der Waals surface area contributed by atoms with Gasteiger partial charge in [-0.15, -0.1) is 0 Å². The second-order valence-electron chi connectivity index (χ2n) is 6.28. The standard InChI is InChI=1S/C9H14O.C8H8N2O2.2H3N/c1-7-4-8(10)6-9(2,3)5-7;9-7(11)5-1-2-6(4-3-5)8(10)12;;/h4H,5-6H2,1-3H3;1-4H,(H2,9,11)(H2,10,12);2*1H3. The molecule has 0 spiro atoms. The minimum atomic E-state index is -0.522. The number of amides is 2. The first-order valence-electron chi connectivity index (χ1n) is 7.00. The van der Waals surface area contributed by atoms with Gasteiger partial charge < -0.3 is 23.8 Å². The fourth-order valence-corrected chi connectivity index (χ4v) is 2.46. The van der Waals surface area contributed by atoms with Gasteiger partial charge in [0.15, 0.2) is 5.78 Å². The molecule has 1 aromatic rings. The van der Waals surface area contributed by atoms with Crippen molar-refractivity contribution in [3.63, 3.8) is 0 Å². The highest BCUT2D eigenvalue weighted by Gasteiger charge is 2.25. The first-order valence-corrected chi connectivity index (χ1v) is 7.00. The van der Waals surface area contributed by atoms with E-state index in [1.54, 1.807) is 6.08 Å². The predicted octanol–water partition coefficient (Wildman–Crippen LogP) is 2.53. The summed E-state index contributed by atoms with van der Waals surface area (Å²) in [6.45, 7) is 6.31. The molecular formula is C17H28N4O3. The molecule has 0 fully saturated rings. The van der Waals surface area contributed by atoms with Crippen molar-refractivity contribution in [2.24, 2.45) is 16.9 Å². The van der Waals surface area contributed by atoms with Crippen molar-refractivity contribution < 1.29 is 14.4 Å². The molecule has 2 amide bonds. The second-order valence-corrected chi connectivity index (χ2v) is 6.28. The van der Waals surface area contributed by atoms with E-state index in [-0.39, 0.29) is 23.5 Å². The molecule has 10 N–H and O–H groups in total. The van der Waals surface area contributed by atoms with E-state index in [1.807, 2.05) is 6.92 Å². The molecule has 1 aromatic carbocycles. The highest BCUT2D eigenvalue weighted by molar-refractivity contribution is 5.96. The van der Waals surface area contributed by atoms with Crippen LogP contribution in [0.25, 0.3) is 0 Å². The largest absolute Gasteiger partial charge is 0.366 e. The van der Waals surface area contributed by atoms with Crippen molar-refractivity contribution in [2.45, 2.75) is 33.6 Å². The summed E-state index contributed by atoms with van der Waals surface area (Å²) in [7, 11) is 0. The van der Waals surface area contributed by atoms with Crippen LogP contribution in [0, 0.1) is 5.41 Å². The Kier molecular flexibility index (Phi) is 9.49. The Morgan fingerprint density at radius 2 is 1.29 bits per heavy atom. The Hall–Kier alpha value is -2.51. The summed E-state index contributed by atoms with van der Waals surface area (Å²) in [5.41, 5.74) is 12.1. The Balaban J connectivity index is 0. The maximum Gasteiger partial charge on any atom is 0.248 e. The smallest absolute Gasteiger partial charge is 0.248 e. The SMILES string of the molecule is CC1=CC(=O)CC(C)(C)C1.N.N.NC(=O)c1ccc(C(N)=O)cc1. The summed E-state index contributed by atoms with van der Waals surface area (Å²) in [5, 5.41) is 0. The number of nitrogens with two attached hydrogens (primary N) is 2. The summed E-state index contributed by atoms with van der Waals surface area (Å²) in [5.74, 6) is -0.759. The van der Waals surface area contributed by atoms with E-state index in [9.17, 15) is 14.4 Å². The number of allylic oxidation sites excluding steroid dienone is 2. The van der Waals surface area contributed by atoms with Crippen LogP contribution in [0.4, 0.5) is 0 Å². The number of carbonyl (C=O) groups excluding carboxylic acids is 3. The first kappa shape index (κ1) is 23.8. The molecule has 2 rings (SSSR count). The Morgan fingerprint density at radius 1 is 0.917 bits per heavy atom. The normalized spacial score (nSPS) is 14.8. The lowest BCUT2D eigenvalue weighted by molar-refractivity contribution is -0.117. The molecule has 0 atom stereocenters. The van der Waals surface area contributed by atoms with Crippen LogP contribution in [0.3, 0.4) is 0 Å². The maximum absolute atomic E-state index is 11.0. The number of benzene rings is 1. The molecule has 0 radical (unpaired) electrons. The quantitative estimate of drug-likeness (QED) is 0.648. The molecule has 7 nitrogen and oxygen atoms in total. The number of hydrogen-bond acceptors (Lipinski definition) is 5. The van der Waals surface area contributed by atoms with E-state index in [0.29, 0.717) is 17.5 Å². The summed E-state index contributed by atoms with van der Waals surface area (Å²) in [6, 6.07) is 5.84. The van der Waals surface area contributed by atoms with Gasteiger partial charge in [0, 0.05) is 17.5 Å². The number of primary amides is 2. The molecule has 1 aliphatic carbocycles. The highest BCUT2D eigenvalue weighted by atomic mass is 16.1. The van der Waals surface area contributed by atoms with Crippen LogP contribution in [0.2, 0.25) is 0 Å². The molecule has 0 saturated carbocycles. The van der Waals surface area contributed by atoms with Crippen LogP contribution < -0.4 is 23.8 Å². The lowest BCUT2D eigenvalue weighted by Gasteiger charge is -2.27. The number of carbonyl (C=O) groups is 3. The van der Waals surface area contributed by atoms with Gasteiger partial charge in [0.1, 0.15) is 0 Å². The molecule has 1 aliphatic rings. The predicted molar refractivity (Wildman–Crippen MR) is 95.3 cm³/mol. The number of ketones is 1. The van der Waals surface area contributed by atoms with E-state index in [2.05, 4.69) is 13.8 Å². The van der Waals surface area contributed by atoms with E-state index < -0.39 is 11.8 Å². The topological polar surface area (TPSA) is 173 Å². The monoisotopic (exact) mass is 336 g/mol. The van der Waals surface area contributed by atoms with Crippen molar-refractivity contribution in [2.75, 3.05) is 0 Å². The summed E-state index contributed by atoms with van der Waals surface area (Å²) in [6.07, 6.45) is 3.55. The fourth-order valence-electron chi connectivity index (χ4n) is 2.46. The molecule has 0 aliphatic heterocycles. The van der Waals surface area contributed by atoms with Gasteiger partial charge in [-0.25, -0.2) is 0 Å². The minimum Gasteiger partial charge on any atom is -0.366 e. The van der Waals surface area contributed by atoms with Gasteiger partial charge in [0.2, 0.25) is 11.8 Å². The van der Waals surface area contributed by atoms with E-state index in [0.717, 1.165) is 6.42 Å². The van der Waals surface area contributed by atoms with E-state index in [4.69, 9.17) is 11.5 Å². The van der Waals surface area contributed by atoms with Crippen molar-refractivity contribution in [3.8, 4) is 0 Å². The zero-order valence-electron chi connectivity index (χ0n) is 14.6. The van der Waals surface area contributed by atoms with Gasteiger partial charge in [-0.2, -0.15) is 0 Å². The van der Waals surface area contributed by atoms with Crippen molar-refractivity contribution in [1.82, 2.24) is 12.3 Å².